The summed E-state index contributed by atoms with van der Waals surface area (Å²) >= 11 is 0. The van der Waals surface area contributed by atoms with E-state index in [4.69, 9.17) is 14.8 Å². The molecule has 3 aromatic heterocycles. The van der Waals surface area contributed by atoms with Crippen molar-refractivity contribution in [3.8, 4) is 23.0 Å². The summed E-state index contributed by atoms with van der Waals surface area (Å²) in [6.45, 7) is 13.4. The first-order valence-corrected chi connectivity index (χ1v) is 15.6. The summed E-state index contributed by atoms with van der Waals surface area (Å²) in [5.74, 6) is 3.40. The van der Waals surface area contributed by atoms with Crippen LogP contribution in [0.25, 0.3) is 33.3 Å². The number of para-hydroxylation sites is 1. The maximum atomic E-state index is 6.45. The average Bonchev–Trinajstić information content (AvgIpc) is 3.52. The molecule has 3 aromatic carbocycles. The van der Waals surface area contributed by atoms with E-state index >= 15 is 0 Å². The first-order valence-electron chi connectivity index (χ1n) is 15.6. The van der Waals surface area contributed by atoms with Crippen LogP contribution in [0.4, 0.5) is 0 Å². The van der Waals surface area contributed by atoms with Crippen LogP contribution >= 0.6 is 0 Å². The van der Waals surface area contributed by atoms with Gasteiger partial charge in [-0.2, -0.15) is 17.2 Å². The average molecular weight is 774 g/mol. The summed E-state index contributed by atoms with van der Waals surface area (Å²) in [5, 5.41) is 7.36. The molecule has 0 radical (unpaired) electrons. The fourth-order valence-corrected chi connectivity index (χ4v) is 7.06. The molecule has 0 fully saturated rings. The minimum Gasteiger partial charge on any atom is -0.509 e. The van der Waals surface area contributed by atoms with Crippen LogP contribution in [0.5, 0.6) is 11.5 Å². The molecule has 0 amide bonds. The maximum Gasteiger partial charge on any atom is 2.00 e. The second-order valence-corrected chi connectivity index (χ2v) is 12.6. The normalized spacial score (nSPS) is 16.6. The Morgan fingerprint density at radius 1 is 0.911 bits per heavy atom. The molecule has 0 bridgehead atoms. The van der Waals surface area contributed by atoms with Crippen LogP contribution in [0.3, 0.4) is 0 Å². The van der Waals surface area contributed by atoms with Gasteiger partial charge in [0.1, 0.15) is 5.82 Å². The molecule has 2 atom stereocenters. The maximum absolute atomic E-state index is 6.45. The minimum absolute atomic E-state index is 0. The molecule has 0 spiro atoms. The van der Waals surface area contributed by atoms with Crippen LogP contribution < -0.4 is 4.74 Å². The molecule has 0 saturated carbocycles. The largest absolute Gasteiger partial charge is 2.00 e. The fraction of sp³-hybridized carbons (Fsp3) is 0.282. The monoisotopic (exact) mass is 773 g/mol. The van der Waals surface area contributed by atoms with Gasteiger partial charge in [-0.25, -0.2) is 4.98 Å². The molecule has 1 aliphatic carbocycles. The molecule has 0 N–H and O–H groups in total. The topological polar surface area (TPSA) is 44.9 Å². The third-order valence-corrected chi connectivity index (χ3v) is 9.04. The number of hydrogen-bond donors (Lipinski definition) is 0. The number of pyridine rings is 1. The van der Waals surface area contributed by atoms with Crippen molar-refractivity contribution in [1.82, 2.24) is 19.3 Å². The Kier molecular flexibility index (Phi) is 8.59. The van der Waals surface area contributed by atoms with Crippen molar-refractivity contribution in [2.24, 2.45) is 5.92 Å². The van der Waals surface area contributed by atoms with Gasteiger partial charge in [-0.15, -0.1) is 35.7 Å². The van der Waals surface area contributed by atoms with Gasteiger partial charge in [0.05, 0.1) is 5.69 Å². The van der Waals surface area contributed by atoms with Crippen molar-refractivity contribution in [3.05, 3.63) is 119 Å². The van der Waals surface area contributed by atoms with Gasteiger partial charge in [0.25, 0.3) is 0 Å². The van der Waals surface area contributed by atoms with E-state index in [1.54, 1.807) is 0 Å². The Morgan fingerprint density at radius 2 is 1.71 bits per heavy atom. The number of hydrogen-bond acceptors (Lipinski definition) is 3. The zero-order valence-corrected chi connectivity index (χ0v) is 28.9. The fourth-order valence-electron chi connectivity index (χ4n) is 7.06. The van der Waals surface area contributed by atoms with Crippen molar-refractivity contribution in [2.75, 3.05) is 0 Å². The van der Waals surface area contributed by atoms with Gasteiger partial charge in [-0.3, -0.25) is 4.68 Å². The number of benzene rings is 3. The molecule has 45 heavy (non-hydrogen) atoms. The van der Waals surface area contributed by atoms with E-state index in [1.807, 2.05) is 30.5 Å². The quantitative estimate of drug-likeness (QED) is 0.125. The third-order valence-electron chi connectivity index (χ3n) is 9.04. The molecule has 1 unspecified atom stereocenters. The predicted molar refractivity (Wildman–Crippen MR) is 178 cm³/mol. The van der Waals surface area contributed by atoms with Gasteiger partial charge in [-0.1, -0.05) is 56.1 Å². The molecule has 3 heterocycles. The molecule has 6 aromatic rings. The van der Waals surface area contributed by atoms with E-state index in [0.29, 0.717) is 29.3 Å². The zero-order valence-electron chi connectivity index (χ0n) is 26.7. The van der Waals surface area contributed by atoms with Crippen LogP contribution in [0.1, 0.15) is 74.9 Å². The number of fused-ring (bicyclic) bond motifs is 3. The number of aryl methyl sites for hydroxylation is 2. The van der Waals surface area contributed by atoms with E-state index in [2.05, 4.69) is 111 Å². The Balaban J connectivity index is 0.00000357. The van der Waals surface area contributed by atoms with Crippen molar-refractivity contribution >= 4 is 21.8 Å². The summed E-state index contributed by atoms with van der Waals surface area (Å²) < 4.78 is 10.7. The molecule has 5 nitrogen and oxygen atoms in total. The Morgan fingerprint density at radius 3 is 2.49 bits per heavy atom. The smallest absolute Gasteiger partial charge is 0.509 e. The Hall–Kier alpha value is -3.95. The van der Waals surface area contributed by atoms with Gasteiger partial charge in [-0.05, 0) is 80.3 Å². The zero-order chi connectivity index (χ0) is 30.5. The van der Waals surface area contributed by atoms with Gasteiger partial charge < -0.3 is 9.30 Å². The van der Waals surface area contributed by atoms with Crippen molar-refractivity contribution in [1.29, 1.82) is 0 Å². The minimum atomic E-state index is 0. The number of nitrogens with zero attached hydrogens (tertiary/aromatic N) is 4. The Labute approximate surface area is 280 Å². The van der Waals surface area contributed by atoms with Gasteiger partial charge >= 0.3 is 21.1 Å². The van der Waals surface area contributed by atoms with E-state index in [-0.39, 0.29) is 21.1 Å². The molecule has 0 saturated heterocycles. The number of ether oxygens (including phenoxy) is 1. The molecule has 6 heteroatoms. The second kappa shape index (κ2) is 12.4. The van der Waals surface area contributed by atoms with Crippen LogP contribution in [0.2, 0.25) is 0 Å². The Bertz CT molecular complexity index is 2050. The summed E-state index contributed by atoms with van der Waals surface area (Å²) in [5.41, 5.74) is 9.23. The summed E-state index contributed by atoms with van der Waals surface area (Å²) in [4.78, 5) is 4.70. The van der Waals surface area contributed by atoms with E-state index in [0.717, 1.165) is 51.0 Å². The first kappa shape index (κ1) is 31.0. The van der Waals surface area contributed by atoms with Crippen molar-refractivity contribution in [3.63, 3.8) is 0 Å². The molecule has 7 rings (SSSR count). The third kappa shape index (κ3) is 5.57. The standard InChI is InChI=1S/C39H38N4O.Pt/c1-24(2)39-38(37-26(4)11-9-12-27(37)5)28(6)41-43(39)29-13-10-14-30(22-29)44-31-17-18-33-32-15-7-8-16-34(32)42(35(33)23-31)36-21-25(3)19-20-40-36;/h7-8,10-11,13-21,24,27,37H,9,12H2,1-6H3;/q-2;+2/t27-,37?;/m0./s1. The van der Waals surface area contributed by atoms with E-state index in [1.165, 1.54) is 23.3 Å². The molecule has 230 valence electrons. The van der Waals surface area contributed by atoms with Crippen LogP contribution in [-0.2, 0) is 21.1 Å². The first-order chi connectivity index (χ1) is 21.3. The van der Waals surface area contributed by atoms with Gasteiger partial charge in [0.15, 0.2) is 0 Å². The van der Waals surface area contributed by atoms with Crippen LogP contribution in [0, 0.1) is 31.9 Å². The van der Waals surface area contributed by atoms with Crippen molar-refractivity contribution in [2.45, 2.75) is 66.2 Å². The van der Waals surface area contributed by atoms with Crippen molar-refractivity contribution < 1.29 is 25.8 Å². The van der Waals surface area contributed by atoms with Gasteiger partial charge in [0, 0.05) is 40.4 Å². The number of allylic oxidation sites excluding steroid dienone is 2. The number of aromatic nitrogens is 4. The molecule has 0 aliphatic heterocycles. The van der Waals surface area contributed by atoms with Gasteiger partial charge in [0.2, 0.25) is 0 Å². The molecular weight excluding hydrogens is 736 g/mol. The predicted octanol–water partition coefficient (Wildman–Crippen LogP) is 9.95. The van der Waals surface area contributed by atoms with Crippen LogP contribution in [-0.4, -0.2) is 19.3 Å². The summed E-state index contributed by atoms with van der Waals surface area (Å²) in [6, 6.07) is 29.7. The van der Waals surface area contributed by atoms with Crippen LogP contribution in [0.15, 0.2) is 84.6 Å². The second-order valence-electron chi connectivity index (χ2n) is 12.6. The number of rotatable bonds is 6. The van der Waals surface area contributed by atoms with E-state index in [9.17, 15) is 0 Å². The summed E-state index contributed by atoms with van der Waals surface area (Å²) in [7, 11) is 0. The SMILES string of the molecule is CC1=CCC[C@H](C)C1c1c(C)nn(-c2[c-]c(Oc3[c-]c4c(cc3)c3ccccc3n4-c3cc(C)ccn3)ccc2)c1C(C)C.[Pt+2]. The molecular formula is C39H38N4OPt. The van der Waals surface area contributed by atoms with E-state index < -0.39 is 0 Å². The summed E-state index contributed by atoms with van der Waals surface area (Å²) in [6.07, 6.45) is 6.63. The molecule has 1 aliphatic rings.